The third kappa shape index (κ3) is 20.0. The second-order valence-electron chi connectivity index (χ2n) is 33.2. The molecule has 31 heteroatoms. The van der Waals surface area contributed by atoms with Gasteiger partial charge in [0.05, 0.1) is 114 Å². The Bertz CT molecular complexity index is 6610. The largest absolute Gasteiger partial charge is 0.416 e. The molecule has 6 aliphatic carbocycles. The number of ketones is 6. The summed E-state index contributed by atoms with van der Waals surface area (Å²) in [4.78, 5) is 175. The number of rotatable bonds is 6. The molecule has 6 unspecified atom stereocenters. The van der Waals surface area contributed by atoms with Gasteiger partial charge in [-0.05, 0) is 215 Å². The van der Waals surface area contributed by atoms with Gasteiger partial charge in [-0.25, -0.2) is 38.7 Å². The number of nitrogens with zero attached hydrogens (tertiary/aromatic N) is 12. The van der Waals surface area contributed by atoms with Crippen LogP contribution >= 0.6 is 27.5 Å². The maximum Gasteiger partial charge on any atom is 0.416 e. The molecule has 0 spiro atoms. The molecule has 0 N–H and O–H groups in total. The van der Waals surface area contributed by atoms with Crippen LogP contribution in [0.2, 0.25) is 5.02 Å². The third-order valence-corrected chi connectivity index (χ3v) is 24.5. The Morgan fingerprint density at radius 3 is 0.953 bits per heavy atom. The van der Waals surface area contributed by atoms with Gasteiger partial charge in [0.15, 0.2) is 34.7 Å². The molecule has 0 amide bonds. The molecule has 128 heavy (non-hydrogen) atoms. The summed E-state index contributed by atoms with van der Waals surface area (Å²) in [6, 6.07) is 23.7. The number of Topliss-reactive ketones (excluding diaryl/α,β-unsaturated/α-hetero) is 6. The fourth-order valence-corrected chi connectivity index (χ4v) is 17.8. The Morgan fingerprint density at radius 2 is 0.609 bits per heavy atom. The second kappa shape index (κ2) is 38.3. The van der Waals surface area contributed by atoms with Crippen LogP contribution in [0.25, 0.3) is 65.4 Å². The summed E-state index contributed by atoms with van der Waals surface area (Å²) in [6.45, 7) is 33.5. The van der Waals surface area contributed by atoms with Gasteiger partial charge in [-0.3, -0.25) is 84.9 Å². The molecule has 0 bridgehead atoms. The monoisotopic (exact) mass is 1820 g/mol. The summed E-state index contributed by atoms with van der Waals surface area (Å²) in [7, 11) is 0. The lowest BCUT2D eigenvalue weighted by Crippen LogP contribution is -2.34. The quantitative estimate of drug-likeness (QED) is 0.110. The van der Waals surface area contributed by atoms with E-state index in [-0.39, 0.29) is 85.6 Å². The van der Waals surface area contributed by atoms with E-state index in [1.807, 2.05) is 31.2 Å². The van der Waals surface area contributed by atoms with Gasteiger partial charge in [-0.2, -0.15) is 13.2 Å². The van der Waals surface area contributed by atoms with Crippen LogP contribution in [0.4, 0.5) is 22.0 Å². The maximum absolute atomic E-state index is 13.2. The zero-order valence-corrected chi connectivity index (χ0v) is 73.7. The van der Waals surface area contributed by atoms with Crippen LogP contribution < -0.4 is 33.4 Å². The highest BCUT2D eigenvalue weighted by atomic mass is 79.9. The van der Waals surface area contributed by atoms with E-state index >= 15 is 0 Å². The van der Waals surface area contributed by atoms with Crippen molar-refractivity contribution in [3.63, 3.8) is 0 Å². The van der Waals surface area contributed by atoms with Crippen LogP contribution in [0, 0.1) is 53.2 Å². The number of halogens is 7. The SMILES string of the molecule is C=C1CCC(n2c(C)nc3cc(Br)ccc3c2=O)C(=O)C1.C=C1CCC(n2c(C)nc3cc(C(F)(F)F)ccc3c2=O)C(=O)C1.C=C1CCC(n2c(C)nc3cc(C)ccc3c2=O)C(=O)C1.C=C1CCC(n2c(C)nc3cc(Cl)ccc3c2=O)C(=O)C1.C=C1CCC(n2c(C)nc3cc(F)ccc3c2=O)C(=O)C1.C=C1CCC(n2cnc3cc(F)ccc3c2=O)C(=O)C1. The lowest BCUT2D eigenvalue weighted by molar-refractivity contribution is -0.137. The molecule has 0 aliphatic heterocycles. The van der Waals surface area contributed by atoms with Crippen LogP contribution in [-0.4, -0.2) is 92.0 Å². The van der Waals surface area contributed by atoms with E-state index in [9.17, 15) is 79.5 Å². The molecule has 6 saturated carbocycles. The van der Waals surface area contributed by atoms with Crippen molar-refractivity contribution >= 4 is 128 Å². The van der Waals surface area contributed by atoms with Crippen molar-refractivity contribution < 1.29 is 50.7 Å². The molecule has 660 valence electrons. The molecular formula is C97H91BrClF5N12O12. The normalized spacial score (nSPS) is 19.3. The number of carbonyl (C=O) groups is 6. The van der Waals surface area contributed by atoms with Crippen molar-refractivity contribution in [1.82, 2.24) is 57.3 Å². The first-order valence-electron chi connectivity index (χ1n) is 41.6. The van der Waals surface area contributed by atoms with E-state index in [0.717, 1.165) is 93.8 Å². The number of allylic oxidation sites excluding steroid dienone is 6. The van der Waals surface area contributed by atoms with Crippen LogP contribution in [0.5, 0.6) is 0 Å². The van der Waals surface area contributed by atoms with E-state index in [1.165, 1.54) is 67.9 Å². The number of aromatic nitrogens is 12. The maximum atomic E-state index is 13.2. The Kier molecular flexibility index (Phi) is 27.7. The summed E-state index contributed by atoms with van der Waals surface area (Å²) in [5, 5.41) is 2.87. The van der Waals surface area contributed by atoms with Gasteiger partial charge in [0.1, 0.15) is 40.8 Å². The van der Waals surface area contributed by atoms with Crippen molar-refractivity contribution in [2.24, 2.45) is 0 Å². The lowest BCUT2D eigenvalue weighted by atomic mass is 9.90. The molecule has 6 atom stereocenters. The van der Waals surface area contributed by atoms with Crippen molar-refractivity contribution in [2.45, 2.75) is 200 Å². The summed E-state index contributed by atoms with van der Waals surface area (Å²) in [5.74, 6) is 1.51. The number of hydrogen-bond donors (Lipinski definition) is 0. The van der Waals surface area contributed by atoms with E-state index in [4.69, 9.17) is 11.6 Å². The highest BCUT2D eigenvalue weighted by Gasteiger charge is 2.36. The average molecular weight is 1830 g/mol. The van der Waals surface area contributed by atoms with Crippen molar-refractivity contribution in [2.75, 3.05) is 0 Å². The Labute approximate surface area is 742 Å². The third-order valence-electron chi connectivity index (χ3n) is 23.8. The van der Waals surface area contributed by atoms with Gasteiger partial charge in [0.2, 0.25) is 0 Å². The van der Waals surface area contributed by atoms with Crippen LogP contribution in [-0.2, 0) is 34.9 Å². The highest BCUT2D eigenvalue weighted by molar-refractivity contribution is 9.10. The van der Waals surface area contributed by atoms with E-state index in [2.05, 4.69) is 85.3 Å². The minimum atomic E-state index is -4.50. The van der Waals surface area contributed by atoms with Crippen molar-refractivity contribution in [3.8, 4) is 0 Å². The number of aryl methyl sites for hydroxylation is 6. The van der Waals surface area contributed by atoms with Gasteiger partial charge in [-0.15, -0.1) is 0 Å². The first-order chi connectivity index (χ1) is 60.6. The fourth-order valence-electron chi connectivity index (χ4n) is 17.3. The molecular weight excluding hydrogens is 1740 g/mol. The fraction of sp³-hybridized carbons (Fsp3) is 0.320. The molecule has 0 saturated heterocycles. The summed E-state index contributed by atoms with van der Waals surface area (Å²) < 4.78 is 74.4. The van der Waals surface area contributed by atoms with Crippen molar-refractivity contribution in [1.29, 1.82) is 0 Å². The minimum Gasteiger partial charge on any atom is -0.297 e. The zero-order chi connectivity index (χ0) is 92.5. The molecule has 18 rings (SSSR count). The van der Waals surface area contributed by atoms with Crippen LogP contribution in [0.1, 0.15) is 192 Å². The smallest absolute Gasteiger partial charge is 0.297 e. The van der Waals surface area contributed by atoms with E-state index in [1.54, 1.807) is 67.2 Å². The van der Waals surface area contributed by atoms with Crippen molar-refractivity contribution in [3.05, 3.63) is 312 Å². The standard InChI is InChI=1S/C17H15F3N2O2.C17H18N2O2.C16H15BrN2O2.C16H15ClN2O2.C16H15FN2O2.C15H13FN2O2/c1-9-3-6-14(15(23)7-9)22-10(2)21-13-8-11(17(18,19)20)4-5-12(13)16(22)24;1-10-4-6-13-14(8-10)18-12(3)19(17(13)21)15-7-5-11(2)9-16(15)20;3*1-9-3-6-14(15(20)7-9)19-10(2)18-13-8-11(17)4-5-12(13)16(19)21;1-9-2-5-13(14(19)6-9)18-8-17-12-7-10(16)3-4-11(12)15(18)20/h4-5,8,14H,1,3,6-7H2,2H3;4,6,8,15H,2,5,7,9H2,1,3H3;3*4-5,8,14H,1,3,6-7H2,2H3;3-4,7-8,13H,1-2,5-6H2. The zero-order valence-electron chi connectivity index (χ0n) is 71.3. The number of benzene rings is 6. The Balaban J connectivity index is 0.000000131. The van der Waals surface area contributed by atoms with E-state index in [0.29, 0.717) is 160 Å². The number of hydrogen-bond acceptors (Lipinski definition) is 18. The first-order valence-corrected chi connectivity index (χ1v) is 42.8. The Hall–Kier alpha value is -13.0. The predicted octanol–water partition coefficient (Wildman–Crippen LogP) is 18.0. The summed E-state index contributed by atoms with van der Waals surface area (Å²) in [5.41, 5.74) is 6.65. The molecule has 0 radical (unpaired) electrons. The molecule has 6 aromatic heterocycles. The van der Waals surface area contributed by atoms with Gasteiger partial charge < -0.3 is 0 Å². The number of fused-ring (bicyclic) bond motifs is 6. The topological polar surface area (TPSA) is 312 Å². The predicted molar refractivity (Wildman–Crippen MR) is 484 cm³/mol. The average Bonchev–Trinajstić information content (AvgIpc) is 0.776. The van der Waals surface area contributed by atoms with Gasteiger partial charge in [-0.1, -0.05) is 107 Å². The van der Waals surface area contributed by atoms with Crippen LogP contribution in [0.15, 0.2) is 222 Å². The molecule has 6 aromatic carbocycles. The molecule has 12 aromatic rings. The van der Waals surface area contributed by atoms with E-state index < -0.39 is 65.2 Å². The van der Waals surface area contributed by atoms with Gasteiger partial charge in [0.25, 0.3) is 33.4 Å². The minimum absolute atomic E-state index is 0.0142. The first kappa shape index (κ1) is 92.7. The number of alkyl halides is 3. The Morgan fingerprint density at radius 1 is 0.336 bits per heavy atom. The van der Waals surface area contributed by atoms with Crippen LogP contribution in [0.3, 0.4) is 0 Å². The lowest BCUT2D eigenvalue weighted by Gasteiger charge is -2.25. The number of carbonyl (C=O) groups excluding carboxylic acids is 6. The van der Waals surface area contributed by atoms with Gasteiger partial charge in [0, 0.05) is 60.2 Å². The summed E-state index contributed by atoms with van der Waals surface area (Å²) >= 11 is 9.32. The molecule has 6 fully saturated rings. The van der Waals surface area contributed by atoms with Gasteiger partial charge >= 0.3 is 6.18 Å². The molecule has 24 nitrogen and oxygen atoms in total. The highest BCUT2D eigenvalue weighted by Crippen LogP contribution is 2.37. The second-order valence-corrected chi connectivity index (χ2v) is 34.6. The molecule has 6 aliphatic rings. The molecule has 6 heterocycles. The summed E-state index contributed by atoms with van der Waals surface area (Å²) in [6.07, 6.45) is 6.57.